The first-order valence-electron chi connectivity index (χ1n) is 5.93. The summed E-state index contributed by atoms with van der Waals surface area (Å²) in [5.74, 6) is -0.0551. The van der Waals surface area contributed by atoms with E-state index in [0.29, 0.717) is 24.2 Å². The molecule has 1 saturated heterocycles. The zero-order valence-electron chi connectivity index (χ0n) is 10.1. The van der Waals surface area contributed by atoms with E-state index in [4.69, 9.17) is 5.26 Å². The van der Waals surface area contributed by atoms with Crippen molar-refractivity contribution in [2.24, 2.45) is 0 Å². The van der Waals surface area contributed by atoms with Crippen LogP contribution in [0.1, 0.15) is 22.0 Å². The first-order valence-corrected chi connectivity index (χ1v) is 5.93. The van der Waals surface area contributed by atoms with Crippen molar-refractivity contribution in [1.29, 1.82) is 5.26 Å². The molecule has 1 aromatic carbocycles. The number of nitrogens with zero attached hydrogens (tertiary/aromatic N) is 5. The molecule has 1 aromatic heterocycles. The minimum atomic E-state index is -0.0551. The molecule has 94 valence electrons. The van der Waals surface area contributed by atoms with Crippen molar-refractivity contribution in [1.82, 2.24) is 19.9 Å². The van der Waals surface area contributed by atoms with Crippen LogP contribution in [0.3, 0.4) is 0 Å². The monoisotopic (exact) mass is 253 g/mol. The molecule has 0 saturated carbocycles. The summed E-state index contributed by atoms with van der Waals surface area (Å²) in [6.45, 7) is 1.20. The third-order valence-electron chi connectivity index (χ3n) is 3.15. The summed E-state index contributed by atoms with van der Waals surface area (Å²) in [5.41, 5.74) is 1.04. The average molecular weight is 253 g/mol. The molecular formula is C13H11N5O. The van der Waals surface area contributed by atoms with Crippen LogP contribution in [0.25, 0.3) is 0 Å². The van der Waals surface area contributed by atoms with Gasteiger partial charge in [-0.3, -0.25) is 4.79 Å². The molecule has 2 aromatic rings. The lowest BCUT2D eigenvalue weighted by Gasteiger charge is -2.38. The minimum Gasteiger partial charge on any atom is -0.334 e. The minimum absolute atomic E-state index is 0.0551. The van der Waals surface area contributed by atoms with Crippen LogP contribution in [0.2, 0.25) is 0 Å². The fraction of sp³-hybridized carbons (Fsp3) is 0.231. The van der Waals surface area contributed by atoms with Gasteiger partial charge >= 0.3 is 0 Å². The highest BCUT2D eigenvalue weighted by molar-refractivity contribution is 5.95. The van der Waals surface area contributed by atoms with Crippen molar-refractivity contribution >= 4 is 5.91 Å². The lowest BCUT2D eigenvalue weighted by molar-refractivity contribution is 0.0476. The number of aromatic nitrogens is 3. The highest BCUT2D eigenvalue weighted by Crippen LogP contribution is 2.21. The maximum Gasteiger partial charge on any atom is 0.254 e. The van der Waals surface area contributed by atoms with Crippen molar-refractivity contribution in [3.63, 3.8) is 0 Å². The van der Waals surface area contributed by atoms with Gasteiger partial charge in [-0.1, -0.05) is 6.07 Å². The fourth-order valence-electron chi connectivity index (χ4n) is 2.09. The van der Waals surface area contributed by atoms with Gasteiger partial charge in [0.15, 0.2) is 0 Å². The molecule has 0 N–H and O–H groups in total. The van der Waals surface area contributed by atoms with E-state index < -0.39 is 0 Å². The summed E-state index contributed by atoms with van der Waals surface area (Å²) in [4.78, 5) is 15.5. The van der Waals surface area contributed by atoms with E-state index in [1.165, 1.54) is 0 Å². The molecular weight excluding hydrogens is 242 g/mol. The summed E-state index contributed by atoms with van der Waals surface area (Å²) in [5, 5.41) is 16.9. The molecule has 1 aliphatic rings. The van der Waals surface area contributed by atoms with Crippen molar-refractivity contribution in [3.8, 4) is 6.07 Å². The van der Waals surface area contributed by atoms with Gasteiger partial charge in [-0.15, -0.1) is 0 Å². The maximum absolute atomic E-state index is 12.2. The van der Waals surface area contributed by atoms with Crippen LogP contribution < -0.4 is 0 Å². The summed E-state index contributed by atoms with van der Waals surface area (Å²) >= 11 is 0. The zero-order chi connectivity index (χ0) is 13.2. The highest BCUT2D eigenvalue weighted by atomic mass is 16.2. The zero-order valence-corrected chi connectivity index (χ0v) is 10.1. The van der Waals surface area contributed by atoms with E-state index in [0.717, 1.165) is 0 Å². The maximum atomic E-state index is 12.2. The first kappa shape index (κ1) is 11.4. The van der Waals surface area contributed by atoms with Crippen LogP contribution in [0.4, 0.5) is 0 Å². The number of hydrogen-bond acceptors (Lipinski definition) is 4. The van der Waals surface area contributed by atoms with Crippen LogP contribution >= 0.6 is 0 Å². The lowest BCUT2D eigenvalue weighted by atomic mass is 10.1. The quantitative estimate of drug-likeness (QED) is 0.795. The molecule has 0 aliphatic carbocycles. The van der Waals surface area contributed by atoms with Gasteiger partial charge in [0.1, 0.15) is 6.04 Å². The summed E-state index contributed by atoms with van der Waals surface area (Å²) in [6, 6.07) is 8.93. The lowest BCUT2D eigenvalue weighted by Crippen LogP contribution is -2.51. The number of benzene rings is 1. The first-order chi connectivity index (χ1) is 9.28. The smallest absolute Gasteiger partial charge is 0.254 e. The van der Waals surface area contributed by atoms with E-state index in [-0.39, 0.29) is 11.9 Å². The van der Waals surface area contributed by atoms with Gasteiger partial charge in [-0.25, -0.2) is 0 Å². The van der Waals surface area contributed by atoms with Crippen LogP contribution in [0, 0.1) is 11.3 Å². The Morgan fingerprint density at radius 2 is 2.05 bits per heavy atom. The van der Waals surface area contributed by atoms with Crippen molar-refractivity contribution < 1.29 is 4.79 Å². The van der Waals surface area contributed by atoms with E-state index >= 15 is 0 Å². The SMILES string of the molecule is N#Cc1cccc(C(=O)N2CC(n3nccn3)C2)c1. The molecule has 1 aliphatic heterocycles. The Balaban J connectivity index is 1.68. The predicted octanol–water partition coefficient (Wildman–Crippen LogP) is 0.847. The van der Waals surface area contributed by atoms with Crippen molar-refractivity contribution in [2.45, 2.75) is 6.04 Å². The topological polar surface area (TPSA) is 74.8 Å². The van der Waals surface area contributed by atoms with E-state index in [1.54, 1.807) is 46.4 Å². The molecule has 1 amide bonds. The van der Waals surface area contributed by atoms with Gasteiger partial charge < -0.3 is 4.90 Å². The standard InChI is InChI=1S/C13H11N5O/c14-7-10-2-1-3-11(6-10)13(19)17-8-12(9-17)18-15-4-5-16-18/h1-6,12H,8-9H2. The van der Waals surface area contributed by atoms with E-state index in [1.807, 2.05) is 6.07 Å². The largest absolute Gasteiger partial charge is 0.334 e. The van der Waals surface area contributed by atoms with Gasteiger partial charge in [0.25, 0.3) is 5.91 Å². The number of nitriles is 1. The third-order valence-corrected chi connectivity index (χ3v) is 3.15. The van der Waals surface area contributed by atoms with Crippen LogP contribution in [0.15, 0.2) is 36.7 Å². The molecule has 0 bridgehead atoms. The molecule has 1 fully saturated rings. The Morgan fingerprint density at radius 1 is 1.32 bits per heavy atom. The molecule has 19 heavy (non-hydrogen) atoms. The molecule has 0 radical (unpaired) electrons. The third kappa shape index (κ3) is 2.06. The molecule has 0 spiro atoms. The fourth-order valence-corrected chi connectivity index (χ4v) is 2.09. The van der Waals surface area contributed by atoms with Gasteiger partial charge in [0.2, 0.25) is 0 Å². The Labute approximate surface area is 109 Å². The van der Waals surface area contributed by atoms with Crippen LogP contribution in [-0.2, 0) is 0 Å². The summed E-state index contributed by atoms with van der Waals surface area (Å²) in [6.07, 6.45) is 3.25. The van der Waals surface area contributed by atoms with E-state index in [9.17, 15) is 4.79 Å². The number of carbonyl (C=O) groups excluding carboxylic acids is 1. The second kappa shape index (κ2) is 4.53. The summed E-state index contributed by atoms with van der Waals surface area (Å²) in [7, 11) is 0. The Morgan fingerprint density at radius 3 is 2.74 bits per heavy atom. The Bertz CT molecular complexity index is 637. The van der Waals surface area contributed by atoms with Gasteiger partial charge in [-0.2, -0.15) is 20.3 Å². The molecule has 6 nitrogen and oxygen atoms in total. The second-order valence-electron chi connectivity index (χ2n) is 4.41. The van der Waals surface area contributed by atoms with E-state index in [2.05, 4.69) is 10.2 Å². The van der Waals surface area contributed by atoms with Gasteiger partial charge in [0, 0.05) is 18.7 Å². The molecule has 3 rings (SSSR count). The number of likely N-dealkylation sites (tertiary alicyclic amines) is 1. The predicted molar refractivity (Wildman–Crippen MR) is 66.1 cm³/mol. The van der Waals surface area contributed by atoms with Crippen LogP contribution in [0.5, 0.6) is 0 Å². The van der Waals surface area contributed by atoms with Gasteiger partial charge in [0.05, 0.1) is 24.0 Å². The molecule has 6 heteroatoms. The number of hydrogen-bond donors (Lipinski definition) is 0. The van der Waals surface area contributed by atoms with Crippen LogP contribution in [-0.4, -0.2) is 38.9 Å². The number of carbonyl (C=O) groups is 1. The molecule has 2 heterocycles. The normalized spacial score (nSPS) is 14.8. The number of amides is 1. The Hall–Kier alpha value is -2.68. The average Bonchev–Trinajstić information content (AvgIpc) is 2.91. The Kier molecular flexibility index (Phi) is 2.72. The van der Waals surface area contributed by atoms with Gasteiger partial charge in [-0.05, 0) is 18.2 Å². The number of rotatable bonds is 2. The summed E-state index contributed by atoms with van der Waals surface area (Å²) < 4.78 is 0. The molecule has 0 unspecified atom stereocenters. The second-order valence-corrected chi connectivity index (χ2v) is 4.41. The van der Waals surface area contributed by atoms with Crippen molar-refractivity contribution in [2.75, 3.05) is 13.1 Å². The van der Waals surface area contributed by atoms with Crippen molar-refractivity contribution in [3.05, 3.63) is 47.8 Å². The molecule has 0 atom stereocenters. The highest BCUT2D eigenvalue weighted by Gasteiger charge is 2.33.